The van der Waals surface area contributed by atoms with Crippen molar-refractivity contribution in [3.63, 3.8) is 0 Å². The second kappa shape index (κ2) is 6.01. The van der Waals surface area contributed by atoms with E-state index in [4.69, 9.17) is 14.4 Å². The lowest BCUT2D eigenvalue weighted by Crippen LogP contribution is -2.28. The zero-order chi connectivity index (χ0) is 19.3. The molecule has 0 saturated heterocycles. The molecule has 0 fully saturated rings. The maximum absolute atomic E-state index is 12.2. The third-order valence-corrected chi connectivity index (χ3v) is 4.24. The molecule has 0 spiro atoms. The smallest absolute Gasteiger partial charge is 0.286 e. The zero-order valence-electron chi connectivity index (χ0n) is 14.2. The van der Waals surface area contributed by atoms with Gasteiger partial charge in [0.2, 0.25) is 0 Å². The van der Waals surface area contributed by atoms with Gasteiger partial charge in [0.15, 0.2) is 0 Å². The lowest BCUT2D eigenvalue weighted by Gasteiger charge is -2.08. The lowest BCUT2D eigenvalue weighted by molar-refractivity contribution is -0.0649. The van der Waals surface area contributed by atoms with Crippen LogP contribution in [0, 0.1) is 0 Å². The summed E-state index contributed by atoms with van der Waals surface area (Å²) in [6.45, 7) is 0. The molecule has 27 heavy (non-hydrogen) atoms. The summed E-state index contributed by atoms with van der Waals surface area (Å²) in [4.78, 5) is 57.9. The van der Waals surface area contributed by atoms with Crippen LogP contribution in [0.3, 0.4) is 0 Å². The number of amides is 4. The molecule has 136 valence electrons. The van der Waals surface area contributed by atoms with E-state index >= 15 is 0 Å². The van der Waals surface area contributed by atoms with Crippen molar-refractivity contribution in [2.24, 2.45) is 0 Å². The number of fused-ring (bicyclic) bond motifs is 2. The average Bonchev–Trinajstić information content (AvgIpc) is 3.05. The molecule has 9 heteroatoms. The number of benzene rings is 2. The lowest BCUT2D eigenvalue weighted by atomic mass is 10.1. The van der Waals surface area contributed by atoms with E-state index in [2.05, 4.69) is 0 Å². The maximum atomic E-state index is 12.2. The van der Waals surface area contributed by atoms with E-state index in [1.165, 1.54) is 50.6 Å². The quantitative estimate of drug-likeness (QED) is 0.758. The fourth-order valence-electron chi connectivity index (χ4n) is 2.99. The summed E-state index contributed by atoms with van der Waals surface area (Å²) in [6, 6.07) is 8.78. The Bertz CT molecular complexity index is 949. The predicted molar refractivity (Wildman–Crippen MR) is 88.0 cm³/mol. The van der Waals surface area contributed by atoms with E-state index < -0.39 is 23.6 Å². The highest BCUT2D eigenvalue weighted by Gasteiger charge is 2.38. The number of carbonyl (C=O) groups excluding carboxylic acids is 4. The molecule has 2 aliphatic rings. The van der Waals surface area contributed by atoms with Crippen LogP contribution in [0.25, 0.3) is 0 Å². The third-order valence-electron chi connectivity index (χ3n) is 4.24. The van der Waals surface area contributed by atoms with Crippen molar-refractivity contribution in [3.8, 4) is 11.5 Å². The molecule has 2 aliphatic heterocycles. The SMILES string of the molecule is CON1C(=O)c2ccc(Oc3ccc4c(c3)C(=O)N(OC)C4=O)cc2C1=O. The Balaban J connectivity index is 1.64. The van der Waals surface area contributed by atoms with Crippen molar-refractivity contribution in [3.05, 3.63) is 58.7 Å². The van der Waals surface area contributed by atoms with Gasteiger partial charge >= 0.3 is 0 Å². The number of hydroxylamine groups is 4. The normalized spacial score (nSPS) is 15.5. The maximum Gasteiger partial charge on any atom is 0.286 e. The van der Waals surface area contributed by atoms with Gasteiger partial charge in [-0.3, -0.25) is 28.9 Å². The number of ether oxygens (including phenoxy) is 1. The van der Waals surface area contributed by atoms with E-state index in [1.54, 1.807) is 0 Å². The average molecular weight is 368 g/mol. The van der Waals surface area contributed by atoms with Crippen LogP contribution < -0.4 is 4.74 Å². The van der Waals surface area contributed by atoms with Crippen LogP contribution in [0.2, 0.25) is 0 Å². The largest absolute Gasteiger partial charge is 0.457 e. The second-order valence-corrected chi connectivity index (χ2v) is 5.69. The minimum Gasteiger partial charge on any atom is -0.457 e. The first-order valence-corrected chi connectivity index (χ1v) is 7.78. The van der Waals surface area contributed by atoms with Gasteiger partial charge in [0.25, 0.3) is 23.6 Å². The molecular weight excluding hydrogens is 356 g/mol. The van der Waals surface area contributed by atoms with Gasteiger partial charge in [0.05, 0.1) is 36.5 Å². The third kappa shape index (κ3) is 2.40. The number of imide groups is 2. The number of hydrogen-bond donors (Lipinski definition) is 0. The van der Waals surface area contributed by atoms with Gasteiger partial charge in [0, 0.05) is 0 Å². The number of carbonyl (C=O) groups is 4. The van der Waals surface area contributed by atoms with Crippen LogP contribution in [0.15, 0.2) is 36.4 Å². The van der Waals surface area contributed by atoms with Gasteiger partial charge in [-0.1, -0.05) is 0 Å². The fourth-order valence-corrected chi connectivity index (χ4v) is 2.99. The standard InChI is InChI=1S/C18H12N2O7/c1-25-19-15(21)11-5-3-9(7-13(11)17(19)23)27-10-4-6-12-14(8-10)18(24)20(26-2)16(12)22/h3-8H,1-2H3. The van der Waals surface area contributed by atoms with E-state index in [-0.39, 0.29) is 33.8 Å². The Hall–Kier alpha value is -3.56. The van der Waals surface area contributed by atoms with Gasteiger partial charge < -0.3 is 4.74 Å². The Morgan fingerprint density at radius 2 is 0.963 bits per heavy atom. The molecule has 0 bridgehead atoms. The molecule has 4 amide bonds. The van der Waals surface area contributed by atoms with Gasteiger partial charge in [-0.15, -0.1) is 10.1 Å². The summed E-state index contributed by atoms with van der Waals surface area (Å²) in [5.41, 5.74) is 0.717. The van der Waals surface area contributed by atoms with Crippen LogP contribution in [0.4, 0.5) is 0 Å². The van der Waals surface area contributed by atoms with Crippen LogP contribution in [-0.4, -0.2) is 48.0 Å². The fraction of sp³-hybridized carbons (Fsp3) is 0.111. The molecule has 0 unspecified atom stereocenters. The number of hydrogen-bond acceptors (Lipinski definition) is 7. The highest BCUT2D eigenvalue weighted by molar-refractivity contribution is 6.21. The molecule has 0 radical (unpaired) electrons. The number of nitrogens with zero attached hydrogens (tertiary/aromatic N) is 2. The van der Waals surface area contributed by atoms with Crippen molar-refractivity contribution >= 4 is 23.6 Å². The Morgan fingerprint density at radius 1 is 0.593 bits per heavy atom. The minimum absolute atomic E-state index is 0.150. The molecule has 0 N–H and O–H groups in total. The van der Waals surface area contributed by atoms with Crippen molar-refractivity contribution in [1.29, 1.82) is 0 Å². The summed E-state index contributed by atoms with van der Waals surface area (Å²) in [5, 5.41) is 1.32. The van der Waals surface area contributed by atoms with Crippen molar-refractivity contribution in [2.75, 3.05) is 14.2 Å². The summed E-state index contributed by atoms with van der Waals surface area (Å²) >= 11 is 0. The van der Waals surface area contributed by atoms with E-state index in [0.717, 1.165) is 0 Å². The monoisotopic (exact) mass is 368 g/mol. The van der Waals surface area contributed by atoms with E-state index in [1.807, 2.05) is 0 Å². The van der Waals surface area contributed by atoms with Crippen LogP contribution in [-0.2, 0) is 9.68 Å². The molecule has 0 atom stereocenters. The molecule has 2 aromatic carbocycles. The topological polar surface area (TPSA) is 102 Å². The first kappa shape index (κ1) is 16.9. The Labute approximate surface area is 152 Å². The molecule has 0 saturated carbocycles. The van der Waals surface area contributed by atoms with Crippen LogP contribution in [0.1, 0.15) is 41.4 Å². The van der Waals surface area contributed by atoms with Crippen LogP contribution >= 0.6 is 0 Å². The van der Waals surface area contributed by atoms with Gasteiger partial charge in [-0.2, -0.15) is 0 Å². The first-order chi connectivity index (χ1) is 13.0. The van der Waals surface area contributed by atoms with E-state index in [0.29, 0.717) is 10.1 Å². The van der Waals surface area contributed by atoms with Crippen molar-refractivity contribution in [2.45, 2.75) is 0 Å². The Kier molecular flexibility index (Phi) is 3.76. The highest BCUT2D eigenvalue weighted by atomic mass is 16.7. The molecular formula is C18H12N2O7. The highest BCUT2D eigenvalue weighted by Crippen LogP contribution is 2.32. The predicted octanol–water partition coefficient (Wildman–Crippen LogP) is 1.79. The summed E-state index contributed by atoms with van der Waals surface area (Å²) in [7, 11) is 2.45. The zero-order valence-corrected chi connectivity index (χ0v) is 14.2. The van der Waals surface area contributed by atoms with Crippen LogP contribution in [0.5, 0.6) is 11.5 Å². The van der Waals surface area contributed by atoms with Gasteiger partial charge in [0.1, 0.15) is 11.5 Å². The van der Waals surface area contributed by atoms with E-state index in [9.17, 15) is 19.2 Å². The van der Waals surface area contributed by atoms with Crippen molar-refractivity contribution in [1.82, 2.24) is 10.1 Å². The summed E-state index contributed by atoms with van der Waals surface area (Å²) in [5.74, 6) is -1.71. The van der Waals surface area contributed by atoms with Gasteiger partial charge in [-0.05, 0) is 36.4 Å². The molecule has 9 nitrogen and oxygen atoms in total. The van der Waals surface area contributed by atoms with Crippen molar-refractivity contribution < 1.29 is 33.6 Å². The molecule has 2 heterocycles. The summed E-state index contributed by atoms with van der Waals surface area (Å²) < 4.78 is 5.69. The molecule has 0 aliphatic carbocycles. The summed E-state index contributed by atoms with van der Waals surface area (Å²) in [6.07, 6.45) is 0. The number of rotatable bonds is 4. The molecule has 0 aromatic heterocycles. The minimum atomic E-state index is -0.589. The Morgan fingerprint density at radius 3 is 1.33 bits per heavy atom. The second-order valence-electron chi connectivity index (χ2n) is 5.69. The molecule has 4 rings (SSSR count). The molecule has 2 aromatic rings. The first-order valence-electron chi connectivity index (χ1n) is 7.78. The van der Waals surface area contributed by atoms with Gasteiger partial charge in [-0.25, -0.2) is 0 Å².